The second-order valence-corrected chi connectivity index (χ2v) is 6.74. The van der Waals surface area contributed by atoms with Crippen LogP contribution < -0.4 is 5.32 Å². The van der Waals surface area contributed by atoms with Crippen LogP contribution in [-0.2, 0) is 22.7 Å². The highest BCUT2D eigenvalue weighted by Crippen LogP contribution is 2.38. The Labute approximate surface area is 158 Å². The van der Waals surface area contributed by atoms with E-state index in [1.165, 1.54) is 0 Å². The molecule has 160 valence electrons. The molecule has 0 unspecified atom stereocenters. The summed E-state index contributed by atoms with van der Waals surface area (Å²) in [5, 5.41) is 2.16. The minimum atomic E-state index is -5.08. The van der Waals surface area contributed by atoms with Crippen LogP contribution in [0.2, 0.25) is 0 Å². The number of rotatable bonds is 3. The second kappa shape index (κ2) is 7.06. The van der Waals surface area contributed by atoms with Crippen molar-refractivity contribution in [3.05, 3.63) is 46.5 Å². The van der Waals surface area contributed by atoms with E-state index in [4.69, 9.17) is 0 Å². The molecule has 1 N–H and O–H groups in total. The zero-order chi connectivity index (χ0) is 22.4. The summed E-state index contributed by atoms with van der Waals surface area (Å²) in [5.41, 5.74) is -7.17. The predicted octanol–water partition coefficient (Wildman–Crippen LogP) is 5.02. The molecule has 0 saturated heterocycles. The number of allylic oxidation sites excluding steroid dienone is 1. The van der Waals surface area contributed by atoms with E-state index in [1.807, 2.05) is 0 Å². The van der Waals surface area contributed by atoms with Gasteiger partial charge in [0.15, 0.2) is 0 Å². The van der Waals surface area contributed by atoms with Crippen molar-refractivity contribution in [1.29, 1.82) is 0 Å². The minimum Gasteiger partial charge on any atom is -0.343 e. The van der Waals surface area contributed by atoms with Gasteiger partial charge in [-0.25, -0.2) is 0 Å². The number of benzene rings is 1. The highest BCUT2D eigenvalue weighted by molar-refractivity contribution is 6.09. The molecule has 0 aromatic heterocycles. The molecule has 0 atom stereocenters. The Morgan fingerprint density at radius 2 is 1.28 bits per heavy atom. The Kier molecular flexibility index (Phi) is 5.54. The van der Waals surface area contributed by atoms with Crippen LogP contribution in [0.1, 0.15) is 30.5 Å². The number of aliphatic imine (C=N–C) groups is 1. The molecule has 0 fully saturated rings. The van der Waals surface area contributed by atoms with Gasteiger partial charge in [0.2, 0.25) is 5.91 Å². The van der Waals surface area contributed by atoms with Crippen molar-refractivity contribution in [2.75, 3.05) is 6.54 Å². The molecule has 1 aliphatic rings. The van der Waals surface area contributed by atoms with E-state index in [2.05, 4.69) is 10.3 Å². The van der Waals surface area contributed by atoms with Crippen molar-refractivity contribution in [2.45, 2.75) is 37.9 Å². The second-order valence-electron chi connectivity index (χ2n) is 6.74. The zero-order valence-electron chi connectivity index (χ0n) is 14.8. The molecule has 0 radical (unpaired) electrons. The van der Waals surface area contributed by atoms with Crippen molar-refractivity contribution in [3.63, 3.8) is 0 Å². The molecular formula is C17H13F9N2O. The summed E-state index contributed by atoms with van der Waals surface area (Å²) in [6.45, 7) is 1.64. The van der Waals surface area contributed by atoms with E-state index in [0.717, 1.165) is 13.8 Å². The molecule has 29 heavy (non-hydrogen) atoms. The summed E-state index contributed by atoms with van der Waals surface area (Å²) in [6.07, 6.45) is -14.5. The number of nitrogens with one attached hydrogen (secondary N) is 1. The summed E-state index contributed by atoms with van der Waals surface area (Å²) >= 11 is 0. The SMILES string of the molecule is CC(C)(NC(=O)C1=CC(C(F)(F)F)=NC1)c1cc(C(F)(F)F)cc(C(F)(F)F)c1. The molecule has 0 bridgehead atoms. The van der Waals surface area contributed by atoms with Gasteiger partial charge in [-0.15, -0.1) is 0 Å². The lowest BCUT2D eigenvalue weighted by Crippen LogP contribution is -2.42. The molecule has 0 spiro atoms. The molecule has 1 aromatic carbocycles. The summed E-state index contributed by atoms with van der Waals surface area (Å²) in [4.78, 5) is 15.4. The molecule has 3 nitrogen and oxygen atoms in total. The van der Waals surface area contributed by atoms with E-state index in [1.54, 1.807) is 0 Å². The smallest absolute Gasteiger partial charge is 0.343 e. The van der Waals surface area contributed by atoms with Gasteiger partial charge in [-0.3, -0.25) is 9.79 Å². The van der Waals surface area contributed by atoms with Gasteiger partial charge in [0.05, 0.1) is 23.2 Å². The molecule has 1 heterocycles. The van der Waals surface area contributed by atoms with Crippen molar-refractivity contribution in [1.82, 2.24) is 5.32 Å². The third-order valence-corrected chi connectivity index (χ3v) is 4.05. The Balaban J connectivity index is 2.37. The maximum absolute atomic E-state index is 13.0. The van der Waals surface area contributed by atoms with Crippen LogP contribution >= 0.6 is 0 Å². The predicted molar refractivity (Wildman–Crippen MR) is 84.1 cm³/mol. The van der Waals surface area contributed by atoms with E-state index >= 15 is 0 Å². The Morgan fingerprint density at radius 1 is 0.828 bits per heavy atom. The van der Waals surface area contributed by atoms with Crippen molar-refractivity contribution < 1.29 is 44.3 Å². The Morgan fingerprint density at radius 3 is 1.66 bits per heavy atom. The number of alkyl halides is 9. The average molecular weight is 432 g/mol. The normalized spacial score (nSPS) is 15.8. The number of hydrogen-bond acceptors (Lipinski definition) is 2. The topological polar surface area (TPSA) is 41.5 Å². The zero-order valence-corrected chi connectivity index (χ0v) is 14.8. The van der Waals surface area contributed by atoms with Crippen LogP contribution in [0.3, 0.4) is 0 Å². The van der Waals surface area contributed by atoms with Crippen molar-refractivity contribution in [2.24, 2.45) is 4.99 Å². The van der Waals surface area contributed by atoms with Gasteiger partial charge in [0.1, 0.15) is 5.71 Å². The summed E-state index contributed by atoms with van der Waals surface area (Å²) in [7, 11) is 0. The van der Waals surface area contributed by atoms with Crippen LogP contribution in [0.25, 0.3) is 0 Å². The summed E-state index contributed by atoms with van der Waals surface area (Å²) in [6, 6.07) is 0.816. The van der Waals surface area contributed by atoms with Gasteiger partial charge in [-0.05, 0) is 43.7 Å². The van der Waals surface area contributed by atoms with Crippen LogP contribution in [0.15, 0.2) is 34.8 Å². The summed E-state index contributed by atoms with van der Waals surface area (Å²) < 4.78 is 116. The van der Waals surface area contributed by atoms with E-state index in [-0.39, 0.29) is 6.07 Å². The van der Waals surface area contributed by atoms with Crippen LogP contribution in [-0.4, -0.2) is 24.3 Å². The Hall–Kier alpha value is -2.53. The van der Waals surface area contributed by atoms with Crippen LogP contribution in [0, 0.1) is 0 Å². The Bertz CT molecular complexity index is 842. The molecule has 12 heteroatoms. The van der Waals surface area contributed by atoms with Gasteiger partial charge >= 0.3 is 18.5 Å². The maximum Gasteiger partial charge on any atom is 0.432 e. The van der Waals surface area contributed by atoms with Crippen molar-refractivity contribution in [3.8, 4) is 0 Å². The third-order valence-electron chi connectivity index (χ3n) is 4.05. The highest BCUT2D eigenvalue weighted by atomic mass is 19.4. The van der Waals surface area contributed by atoms with Crippen molar-refractivity contribution >= 4 is 11.6 Å². The first-order valence-electron chi connectivity index (χ1n) is 7.86. The van der Waals surface area contributed by atoms with Gasteiger partial charge in [0, 0.05) is 5.57 Å². The quantitative estimate of drug-likeness (QED) is 0.670. The van der Waals surface area contributed by atoms with E-state index < -0.39 is 64.5 Å². The summed E-state index contributed by atoms with van der Waals surface area (Å²) in [5.74, 6) is -1.09. The lowest BCUT2D eigenvalue weighted by molar-refractivity contribution is -0.143. The molecule has 1 amide bonds. The number of halogens is 9. The molecule has 0 aliphatic carbocycles. The monoisotopic (exact) mass is 432 g/mol. The molecular weight excluding hydrogens is 419 g/mol. The largest absolute Gasteiger partial charge is 0.432 e. The first-order chi connectivity index (χ1) is 12.9. The average Bonchev–Trinajstić information content (AvgIpc) is 3.02. The first-order valence-corrected chi connectivity index (χ1v) is 7.86. The molecule has 2 rings (SSSR count). The molecule has 0 saturated carbocycles. The fourth-order valence-corrected chi connectivity index (χ4v) is 2.49. The maximum atomic E-state index is 13.0. The number of amides is 1. The number of carbonyl (C=O) groups excluding carboxylic acids is 1. The van der Waals surface area contributed by atoms with E-state index in [0.29, 0.717) is 18.2 Å². The minimum absolute atomic E-state index is 0.0651. The standard InChI is InChI=1S/C17H13F9N2O/c1-14(2,28-13(29)8-3-12(27-7-8)17(24,25)26)9-4-10(15(18,19)20)6-11(5-9)16(21,22)23/h3-6H,7H2,1-2H3,(H,28,29). The number of nitrogens with zero attached hydrogens (tertiary/aromatic N) is 1. The number of hydrogen-bond donors (Lipinski definition) is 1. The van der Waals surface area contributed by atoms with Gasteiger partial charge in [-0.2, -0.15) is 39.5 Å². The lowest BCUT2D eigenvalue weighted by Gasteiger charge is -2.29. The van der Waals surface area contributed by atoms with E-state index in [9.17, 15) is 44.3 Å². The first kappa shape index (κ1) is 22.8. The van der Waals surface area contributed by atoms with Gasteiger partial charge in [0.25, 0.3) is 0 Å². The highest BCUT2D eigenvalue weighted by Gasteiger charge is 2.40. The van der Waals surface area contributed by atoms with Gasteiger partial charge in [-0.1, -0.05) is 0 Å². The third kappa shape index (κ3) is 5.30. The fourth-order valence-electron chi connectivity index (χ4n) is 2.49. The lowest BCUT2D eigenvalue weighted by atomic mass is 9.90. The fraction of sp³-hybridized carbons (Fsp3) is 0.412. The molecule has 1 aliphatic heterocycles. The van der Waals surface area contributed by atoms with Gasteiger partial charge < -0.3 is 5.32 Å². The van der Waals surface area contributed by atoms with Crippen LogP contribution in [0.4, 0.5) is 39.5 Å². The molecule has 1 aromatic rings. The number of carbonyl (C=O) groups is 1. The van der Waals surface area contributed by atoms with Crippen LogP contribution in [0.5, 0.6) is 0 Å².